The van der Waals surface area contributed by atoms with Crippen molar-refractivity contribution in [3.63, 3.8) is 0 Å². The first-order valence-corrected chi connectivity index (χ1v) is 7.02. The fourth-order valence-electron chi connectivity index (χ4n) is 2.10. The summed E-state index contributed by atoms with van der Waals surface area (Å²) in [5.41, 5.74) is 0. The van der Waals surface area contributed by atoms with E-state index in [1.165, 1.54) is 4.90 Å². The van der Waals surface area contributed by atoms with Gasteiger partial charge >= 0.3 is 12.0 Å². The Balaban J connectivity index is 2.29. The maximum atomic E-state index is 11.8. The summed E-state index contributed by atoms with van der Waals surface area (Å²) < 4.78 is 0. The van der Waals surface area contributed by atoms with E-state index in [0.717, 1.165) is 6.42 Å². The molecule has 1 aliphatic rings. The smallest absolute Gasteiger partial charge is 0.326 e. The second-order valence-electron chi connectivity index (χ2n) is 5.05. The highest BCUT2D eigenvalue weighted by Crippen LogP contribution is 2.17. The second-order valence-corrected chi connectivity index (χ2v) is 5.05. The number of likely N-dealkylation sites (tertiary alicyclic amines) is 1. The molecule has 114 valence electrons. The fourth-order valence-corrected chi connectivity index (χ4v) is 2.10. The number of hydrogen-bond donors (Lipinski definition) is 3. The van der Waals surface area contributed by atoms with Crippen molar-refractivity contribution in [2.24, 2.45) is 0 Å². The molecule has 0 aliphatic carbocycles. The van der Waals surface area contributed by atoms with E-state index in [-0.39, 0.29) is 24.9 Å². The Kier molecular flexibility index (Phi) is 6.27. The number of hydrogen-bond acceptors (Lipinski definition) is 3. The number of carboxylic acids is 1. The van der Waals surface area contributed by atoms with Gasteiger partial charge in [-0.25, -0.2) is 9.59 Å². The average molecular weight is 285 g/mol. The summed E-state index contributed by atoms with van der Waals surface area (Å²) in [6.07, 6.45) is 2.23. The monoisotopic (exact) mass is 285 g/mol. The number of carbonyl (C=O) groups excluding carboxylic acids is 2. The van der Waals surface area contributed by atoms with Crippen LogP contribution in [0.2, 0.25) is 0 Å². The molecule has 20 heavy (non-hydrogen) atoms. The third-order valence-corrected chi connectivity index (χ3v) is 3.45. The van der Waals surface area contributed by atoms with Crippen molar-refractivity contribution < 1.29 is 19.5 Å². The van der Waals surface area contributed by atoms with E-state index < -0.39 is 18.0 Å². The molecule has 1 heterocycles. The van der Waals surface area contributed by atoms with Gasteiger partial charge in [-0.15, -0.1) is 0 Å². The van der Waals surface area contributed by atoms with Crippen LogP contribution in [0.25, 0.3) is 0 Å². The first kappa shape index (κ1) is 16.3. The van der Waals surface area contributed by atoms with Gasteiger partial charge in [0.1, 0.15) is 6.04 Å². The number of carboxylic acid groups (broad SMARTS) is 1. The highest BCUT2D eigenvalue weighted by Gasteiger charge is 2.33. The van der Waals surface area contributed by atoms with Crippen molar-refractivity contribution >= 4 is 17.9 Å². The summed E-state index contributed by atoms with van der Waals surface area (Å²) in [7, 11) is 0. The zero-order valence-electron chi connectivity index (χ0n) is 12.0. The van der Waals surface area contributed by atoms with E-state index in [1.807, 2.05) is 13.8 Å². The normalized spacial score (nSPS) is 19.5. The van der Waals surface area contributed by atoms with E-state index in [1.54, 1.807) is 0 Å². The molecule has 0 aromatic rings. The molecule has 0 bridgehead atoms. The molecule has 3 N–H and O–H groups in total. The number of nitrogens with one attached hydrogen (secondary N) is 2. The molecule has 1 fully saturated rings. The highest BCUT2D eigenvalue weighted by atomic mass is 16.4. The summed E-state index contributed by atoms with van der Waals surface area (Å²) in [5, 5.41) is 14.4. The van der Waals surface area contributed by atoms with Crippen LogP contribution in [0.4, 0.5) is 4.79 Å². The lowest BCUT2D eigenvalue weighted by molar-refractivity contribution is -0.141. The van der Waals surface area contributed by atoms with Gasteiger partial charge in [0.25, 0.3) is 0 Å². The molecule has 0 aromatic heterocycles. The van der Waals surface area contributed by atoms with E-state index in [9.17, 15) is 14.4 Å². The van der Waals surface area contributed by atoms with Gasteiger partial charge in [-0.1, -0.05) is 6.92 Å². The Labute approximate surface area is 118 Å². The Morgan fingerprint density at radius 3 is 2.70 bits per heavy atom. The third kappa shape index (κ3) is 4.71. The van der Waals surface area contributed by atoms with Gasteiger partial charge in [-0.05, 0) is 26.2 Å². The lowest BCUT2D eigenvalue weighted by Gasteiger charge is -2.21. The van der Waals surface area contributed by atoms with Gasteiger partial charge in [-0.3, -0.25) is 4.79 Å². The van der Waals surface area contributed by atoms with Gasteiger partial charge in [0.2, 0.25) is 5.91 Å². The molecule has 0 aromatic carbocycles. The number of amides is 3. The lowest BCUT2D eigenvalue weighted by Crippen LogP contribution is -2.46. The predicted octanol–water partition coefficient (Wildman–Crippen LogP) is 0.550. The third-order valence-electron chi connectivity index (χ3n) is 3.45. The molecule has 1 unspecified atom stereocenters. The van der Waals surface area contributed by atoms with Crippen LogP contribution in [-0.4, -0.2) is 53.1 Å². The standard InChI is InChI=1S/C13H23N3O4/c1-3-9(2)15-11(17)6-7-14-13(20)16-8-4-5-10(16)12(18)19/h9-10H,3-8H2,1-2H3,(H,14,20)(H,15,17)(H,18,19)/t9?,10-/m1/s1. The molecule has 1 rings (SSSR count). The average Bonchev–Trinajstić information content (AvgIpc) is 2.87. The van der Waals surface area contributed by atoms with Crippen LogP contribution in [0.1, 0.15) is 39.5 Å². The Hall–Kier alpha value is -1.79. The molecule has 0 radical (unpaired) electrons. The molecule has 7 nitrogen and oxygen atoms in total. The largest absolute Gasteiger partial charge is 0.480 e. The Morgan fingerprint density at radius 2 is 2.10 bits per heavy atom. The first-order chi connectivity index (χ1) is 9.45. The molecule has 0 saturated carbocycles. The van der Waals surface area contributed by atoms with Gasteiger partial charge in [0.05, 0.1) is 0 Å². The molecule has 1 saturated heterocycles. The maximum Gasteiger partial charge on any atom is 0.326 e. The molecule has 1 aliphatic heterocycles. The van der Waals surface area contributed by atoms with E-state index >= 15 is 0 Å². The SMILES string of the molecule is CCC(C)NC(=O)CCNC(=O)N1CCC[C@@H]1C(=O)O. The van der Waals surface area contributed by atoms with Crippen molar-refractivity contribution in [1.82, 2.24) is 15.5 Å². The molecular weight excluding hydrogens is 262 g/mol. The van der Waals surface area contributed by atoms with E-state index in [2.05, 4.69) is 10.6 Å². The van der Waals surface area contributed by atoms with Crippen LogP contribution in [0.5, 0.6) is 0 Å². The van der Waals surface area contributed by atoms with Gasteiger partial charge < -0.3 is 20.6 Å². The van der Waals surface area contributed by atoms with Gasteiger partial charge in [-0.2, -0.15) is 0 Å². The van der Waals surface area contributed by atoms with Crippen LogP contribution >= 0.6 is 0 Å². The van der Waals surface area contributed by atoms with Crippen molar-refractivity contribution in [1.29, 1.82) is 0 Å². The van der Waals surface area contributed by atoms with Gasteiger partial charge in [0.15, 0.2) is 0 Å². The number of carbonyl (C=O) groups is 3. The predicted molar refractivity (Wildman–Crippen MR) is 73.3 cm³/mol. The molecule has 3 amide bonds. The molecule has 2 atom stereocenters. The Bertz CT molecular complexity index is 373. The van der Waals surface area contributed by atoms with Crippen molar-refractivity contribution in [2.45, 2.75) is 51.6 Å². The second kappa shape index (κ2) is 7.72. The first-order valence-electron chi connectivity index (χ1n) is 7.02. The topological polar surface area (TPSA) is 98.7 Å². The number of rotatable bonds is 6. The van der Waals surface area contributed by atoms with Crippen LogP contribution in [0, 0.1) is 0 Å². The Morgan fingerprint density at radius 1 is 1.40 bits per heavy atom. The lowest BCUT2D eigenvalue weighted by atomic mass is 10.2. The van der Waals surface area contributed by atoms with Crippen molar-refractivity contribution in [3.05, 3.63) is 0 Å². The minimum Gasteiger partial charge on any atom is -0.480 e. The minimum atomic E-state index is -0.979. The van der Waals surface area contributed by atoms with Gasteiger partial charge in [0, 0.05) is 25.6 Å². The number of urea groups is 1. The van der Waals surface area contributed by atoms with Crippen LogP contribution in [-0.2, 0) is 9.59 Å². The highest BCUT2D eigenvalue weighted by molar-refractivity contribution is 5.83. The maximum absolute atomic E-state index is 11.8. The summed E-state index contributed by atoms with van der Waals surface area (Å²) in [6, 6.07) is -1.04. The minimum absolute atomic E-state index is 0.115. The zero-order chi connectivity index (χ0) is 15.1. The molecular formula is C13H23N3O4. The van der Waals surface area contributed by atoms with E-state index in [4.69, 9.17) is 5.11 Å². The van der Waals surface area contributed by atoms with Crippen LogP contribution in [0.15, 0.2) is 0 Å². The van der Waals surface area contributed by atoms with Crippen LogP contribution < -0.4 is 10.6 Å². The van der Waals surface area contributed by atoms with Crippen LogP contribution in [0.3, 0.4) is 0 Å². The van der Waals surface area contributed by atoms with Crippen molar-refractivity contribution in [3.8, 4) is 0 Å². The number of aliphatic carboxylic acids is 1. The summed E-state index contributed by atoms with van der Waals surface area (Å²) in [6.45, 7) is 4.55. The zero-order valence-corrected chi connectivity index (χ0v) is 12.0. The quantitative estimate of drug-likeness (QED) is 0.663. The van der Waals surface area contributed by atoms with E-state index in [0.29, 0.717) is 19.4 Å². The summed E-state index contributed by atoms with van der Waals surface area (Å²) in [4.78, 5) is 35.6. The molecule has 7 heteroatoms. The number of nitrogens with zero attached hydrogens (tertiary/aromatic N) is 1. The summed E-state index contributed by atoms with van der Waals surface area (Å²) in [5.74, 6) is -1.09. The summed E-state index contributed by atoms with van der Waals surface area (Å²) >= 11 is 0. The molecule has 0 spiro atoms. The van der Waals surface area contributed by atoms with Crippen molar-refractivity contribution in [2.75, 3.05) is 13.1 Å². The fraction of sp³-hybridized carbons (Fsp3) is 0.769.